The van der Waals surface area contributed by atoms with Crippen molar-refractivity contribution in [1.82, 2.24) is 9.55 Å². The predicted octanol–water partition coefficient (Wildman–Crippen LogP) is 4.87. The summed E-state index contributed by atoms with van der Waals surface area (Å²) in [6.45, 7) is 1.59. The van der Waals surface area contributed by atoms with Gasteiger partial charge in [-0.25, -0.2) is 4.98 Å². The van der Waals surface area contributed by atoms with Gasteiger partial charge in [-0.1, -0.05) is 53.7 Å². The molecular formula is C18H15ClN2OS. The van der Waals surface area contributed by atoms with Crippen molar-refractivity contribution in [3.05, 3.63) is 65.8 Å². The fourth-order valence-corrected chi connectivity index (χ4v) is 3.17. The summed E-state index contributed by atoms with van der Waals surface area (Å²) in [5, 5.41) is 1.50. The summed E-state index contributed by atoms with van der Waals surface area (Å²) in [5.41, 5.74) is 3.01. The Hall–Kier alpha value is -2.04. The molecule has 0 saturated heterocycles. The molecule has 0 aliphatic carbocycles. The Morgan fingerprint density at radius 3 is 2.48 bits per heavy atom. The smallest absolute Gasteiger partial charge is 0.173 e. The van der Waals surface area contributed by atoms with Crippen LogP contribution in [0.25, 0.3) is 16.9 Å². The predicted molar refractivity (Wildman–Crippen MR) is 95.4 cm³/mol. The zero-order chi connectivity index (χ0) is 16.2. The number of para-hydroxylation sites is 1. The third-order valence-corrected chi connectivity index (χ3v) is 4.64. The molecule has 0 unspecified atom stereocenters. The molecule has 0 aliphatic heterocycles. The highest BCUT2D eigenvalue weighted by molar-refractivity contribution is 7.99. The number of thioether (sulfide) groups is 1. The van der Waals surface area contributed by atoms with Crippen molar-refractivity contribution in [1.29, 1.82) is 0 Å². The molecule has 0 N–H and O–H groups in total. The fraction of sp³-hybridized carbons (Fsp3) is 0.111. The number of benzene rings is 2. The van der Waals surface area contributed by atoms with E-state index in [0.29, 0.717) is 10.8 Å². The van der Waals surface area contributed by atoms with Crippen LogP contribution < -0.4 is 0 Å². The van der Waals surface area contributed by atoms with Gasteiger partial charge in [0, 0.05) is 16.3 Å². The van der Waals surface area contributed by atoms with Crippen molar-refractivity contribution in [2.45, 2.75) is 12.1 Å². The molecule has 0 spiro atoms. The Kier molecular flexibility index (Phi) is 4.84. The van der Waals surface area contributed by atoms with Crippen molar-refractivity contribution < 1.29 is 4.79 Å². The Morgan fingerprint density at radius 2 is 1.83 bits per heavy atom. The molecule has 0 aliphatic rings. The first-order valence-corrected chi connectivity index (χ1v) is 8.53. The average Bonchev–Trinajstić information content (AvgIpc) is 2.98. The van der Waals surface area contributed by atoms with Crippen LogP contribution in [0.15, 0.2) is 66.0 Å². The summed E-state index contributed by atoms with van der Waals surface area (Å²) in [6, 6.07) is 17.7. The number of nitrogens with zero attached hydrogens (tertiary/aromatic N) is 2. The second-order valence-electron chi connectivity index (χ2n) is 5.09. The van der Waals surface area contributed by atoms with Gasteiger partial charge in [0.05, 0.1) is 17.6 Å². The molecule has 0 atom stereocenters. The van der Waals surface area contributed by atoms with Crippen molar-refractivity contribution >= 4 is 29.1 Å². The number of Topliss-reactive ketones (excluding diaryl/α,β-unsaturated/α-hetero) is 1. The summed E-state index contributed by atoms with van der Waals surface area (Å²) < 4.78 is 2.07. The van der Waals surface area contributed by atoms with Crippen LogP contribution in [0.2, 0.25) is 5.02 Å². The molecule has 1 heterocycles. The zero-order valence-electron chi connectivity index (χ0n) is 12.6. The molecule has 0 fully saturated rings. The van der Waals surface area contributed by atoms with E-state index in [1.165, 1.54) is 11.8 Å². The lowest BCUT2D eigenvalue weighted by Gasteiger charge is -2.11. The minimum atomic E-state index is 0.130. The van der Waals surface area contributed by atoms with E-state index in [0.717, 1.165) is 22.1 Å². The molecule has 3 aromatic rings. The van der Waals surface area contributed by atoms with Gasteiger partial charge in [0.1, 0.15) is 5.78 Å². The van der Waals surface area contributed by atoms with Crippen molar-refractivity contribution in [2.24, 2.45) is 0 Å². The largest absolute Gasteiger partial charge is 0.299 e. The maximum absolute atomic E-state index is 11.3. The molecule has 3 nitrogen and oxygen atoms in total. The molecule has 23 heavy (non-hydrogen) atoms. The number of halogens is 1. The van der Waals surface area contributed by atoms with E-state index >= 15 is 0 Å². The molecule has 0 radical (unpaired) electrons. The van der Waals surface area contributed by atoms with Crippen LogP contribution in [0, 0.1) is 0 Å². The number of rotatable bonds is 5. The van der Waals surface area contributed by atoms with Gasteiger partial charge in [-0.3, -0.25) is 9.36 Å². The molecule has 116 valence electrons. The van der Waals surface area contributed by atoms with E-state index in [1.807, 2.05) is 60.8 Å². The number of carbonyl (C=O) groups excluding carboxylic acids is 1. The molecule has 0 bridgehead atoms. The Labute approximate surface area is 144 Å². The molecule has 3 rings (SSSR count). The third kappa shape index (κ3) is 3.66. The van der Waals surface area contributed by atoms with Crippen LogP contribution in [0.3, 0.4) is 0 Å². The van der Waals surface area contributed by atoms with E-state index in [4.69, 9.17) is 11.6 Å². The van der Waals surface area contributed by atoms with Crippen LogP contribution in [-0.2, 0) is 4.79 Å². The van der Waals surface area contributed by atoms with Crippen LogP contribution in [0.4, 0.5) is 0 Å². The SMILES string of the molecule is CC(=O)CSc1ncc(-c2ccc(Cl)cc2)n1-c1ccccc1. The molecule has 1 aromatic heterocycles. The number of ketones is 1. The normalized spacial score (nSPS) is 10.7. The van der Waals surface area contributed by atoms with Gasteiger partial charge in [0.15, 0.2) is 5.16 Å². The van der Waals surface area contributed by atoms with Gasteiger partial charge in [0.25, 0.3) is 0 Å². The second-order valence-corrected chi connectivity index (χ2v) is 6.47. The molecular weight excluding hydrogens is 328 g/mol. The van der Waals surface area contributed by atoms with Gasteiger partial charge in [0.2, 0.25) is 0 Å². The van der Waals surface area contributed by atoms with Crippen LogP contribution in [0.1, 0.15) is 6.92 Å². The lowest BCUT2D eigenvalue weighted by atomic mass is 10.1. The van der Waals surface area contributed by atoms with E-state index in [1.54, 1.807) is 6.92 Å². The molecule has 0 saturated carbocycles. The lowest BCUT2D eigenvalue weighted by Crippen LogP contribution is -2.01. The lowest BCUT2D eigenvalue weighted by molar-refractivity contribution is -0.114. The Balaban J connectivity index is 2.09. The summed E-state index contributed by atoms with van der Waals surface area (Å²) in [7, 11) is 0. The first-order valence-electron chi connectivity index (χ1n) is 7.16. The van der Waals surface area contributed by atoms with Crippen LogP contribution >= 0.6 is 23.4 Å². The highest BCUT2D eigenvalue weighted by Gasteiger charge is 2.14. The number of imidazole rings is 1. The maximum Gasteiger partial charge on any atom is 0.173 e. The zero-order valence-corrected chi connectivity index (χ0v) is 14.1. The Morgan fingerprint density at radius 1 is 1.13 bits per heavy atom. The minimum Gasteiger partial charge on any atom is -0.299 e. The first kappa shape index (κ1) is 15.8. The van der Waals surface area contributed by atoms with Gasteiger partial charge in [-0.2, -0.15) is 0 Å². The Bertz CT molecular complexity index is 813. The van der Waals surface area contributed by atoms with E-state index in [2.05, 4.69) is 9.55 Å². The molecule has 2 aromatic carbocycles. The minimum absolute atomic E-state index is 0.130. The fourth-order valence-electron chi connectivity index (χ4n) is 2.25. The highest BCUT2D eigenvalue weighted by Crippen LogP contribution is 2.30. The van der Waals surface area contributed by atoms with Gasteiger partial charge >= 0.3 is 0 Å². The standard InChI is InChI=1S/C18H15ClN2OS/c1-13(22)12-23-18-20-11-17(14-7-9-15(19)10-8-14)21(18)16-5-3-2-4-6-16/h2-11H,12H2,1H3. The van der Waals surface area contributed by atoms with Gasteiger partial charge < -0.3 is 0 Å². The summed E-state index contributed by atoms with van der Waals surface area (Å²) in [4.78, 5) is 15.8. The maximum atomic E-state index is 11.3. The summed E-state index contributed by atoms with van der Waals surface area (Å²) in [6.07, 6.45) is 1.83. The van der Waals surface area contributed by atoms with Crippen molar-refractivity contribution in [2.75, 3.05) is 5.75 Å². The second kappa shape index (κ2) is 7.02. The summed E-state index contributed by atoms with van der Waals surface area (Å²) in [5.74, 6) is 0.537. The van der Waals surface area contributed by atoms with Crippen LogP contribution in [-0.4, -0.2) is 21.1 Å². The first-order chi connectivity index (χ1) is 11.1. The van der Waals surface area contributed by atoms with E-state index in [-0.39, 0.29) is 5.78 Å². The summed E-state index contributed by atoms with van der Waals surface area (Å²) >= 11 is 7.43. The number of hydrogen-bond donors (Lipinski definition) is 0. The monoisotopic (exact) mass is 342 g/mol. The number of hydrogen-bond acceptors (Lipinski definition) is 3. The quantitative estimate of drug-likeness (QED) is 0.620. The highest BCUT2D eigenvalue weighted by atomic mass is 35.5. The number of carbonyl (C=O) groups is 1. The molecule has 0 amide bonds. The van der Waals surface area contributed by atoms with Crippen molar-refractivity contribution in [3.63, 3.8) is 0 Å². The van der Waals surface area contributed by atoms with Gasteiger partial charge in [-0.15, -0.1) is 0 Å². The number of aromatic nitrogens is 2. The van der Waals surface area contributed by atoms with Crippen molar-refractivity contribution in [3.8, 4) is 16.9 Å². The van der Waals surface area contributed by atoms with E-state index in [9.17, 15) is 4.79 Å². The van der Waals surface area contributed by atoms with E-state index < -0.39 is 0 Å². The molecule has 5 heteroatoms. The van der Waals surface area contributed by atoms with Gasteiger partial charge in [-0.05, 0) is 31.2 Å². The average molecular weight is 343 g/mol. The topological polar surface area (TPSA) is 34.9 Å². The third-order valence-electron chi connectivity index (χ3n) is 3.29. The van der Waals surface area contributed by atoms with Crippen LogP contribution in [0.5, 0.6) is 0 Å².